The maximum absolute atomic E-state index is 14.9. The lowest BCUT2D eigenvalue weighted by Crippen LogP contribution is -2.55. The molecule has 0 aromatic heterocycles. The van der Waals surface area contributed by atoms with Gasteiger partial charge in [-0.1, -0.05) is 63.2 Å². The highest BCUT2D eigenvalue weighted by molar-refractivity contribution is 6.23. The number of carbonyl (C=O) groups excluding carboxylic acids is 3. The van der Waals surface area contributed by atoms with E-state index in [4.69, 9.17) is 4.74 Å². The van der Waals surface area contributed by atoms with E-state index in [9.17, 15) is 18.8 Å². The third-order valence-corrected chi connectivity index (χ3v) is 5.79. The van der Waals surface area contributed by atoms with Crippen LogP contribution in [0, 0.1) is 11.2 Å². The number of nitrogens with zero attached hydrogens (tertiary/aromatic N) is 2. The first-order valence-electron chi connectivity index (χ1n) is 11.7. The van der Waals surface area contributed by atoms with Gasteiger partial charge in [-0.05, 0) is 48.2 Å². The molecule has 1 aliphatic heterocycles. The number of hydrogen-bond donors (Lipinski definition) is 1. The first kappa shape index (κ1) is 24.9. The lowest BCUT2D eigenvalue weighted by atomic mass is 9.92. The third kappa shape index (κ3) is 5.38. The Balaban J connectivity index is 1.78. The molecule has 0 saturated carbocycles. The number of ether oxygens (including phenoxy) is 1. The van der Waals surface area contributed by atoms with Gasteiger partial charge in [0.25, 0.3) is 11.8 Å². The lowest BCUT2D eigenvalue weighted by Gasteiger charge is -2.28. The molecule has 0 bridgehead atoms. The number of anilines is 3. The second-order valence-electron chi connectivity index (χ2n) is 9.69. The molecule has 36 heavy (non-hydrogen) atoms. The summed E-state index contributed by atoms with van der Waals surface area (Å²) < 4.78 is 20.2. The first-order chi connectivity index (χ1) is 17.2. The van der Waals surface area contributed by atoms with Gasteiger partial charge in [-0.2, -0.15) is 0 Å². The van der Waals surface area contributed by atoms with Gasteiger partial charge < -0.3 is 15.0 Å². The summed E-state index contributed by atoms with van der Waals surface area (Å²) in [6.07, 6.45) is -0.342. The molecular weight excluding hydrogens is 461 g/mol. The number of hydrogen-bond acceptors (Lipinski definition) is 4. The van der Waals surface area contributed by atoms with E-state index in [-0.39, 0.29) is 16.9 Å². The van der Waals surface area contributed by atoms with Gasteiger partial charge in [0, 0.05) is 6.54 Å². The maximum Gasteiger partial charge on any atom is 0.413 e. The Morgan fingerprint density at radius 1 is 0.861 bits per heavy atom. The molecule has 1 heterocycles. The summed E-state index contributed by atoms with van der Waals surface area (Å²) in [7, 11) is 0. The first-order valence-corrected chi connectivity index (χ1v) is 11.7. The van der Waals surface area contributed by atoms with Crippen LogP contribution in [0.1, 0.15) is 27.2 Å². The number of halogens is 1. The fourth-order valence-corrected chi connectivity index (χ4v) is 3.94. The van der Waals surface area contributed by atoms with Crippen LogP contribution in [0.4, 0.5) is 26.2 Å². The Labute approximate surface area is 209 Å². The van der Waals surface area contributed by atoms with E-state index in [1.54, 1.807) is 60.7 Å². The Kier molecular flexibility index (Phi) is 7.05. The monoisotopic (exact) mass is 489 g/mol. The highest BCUT2D eigenvalue weighted by Crippen LogP contribution is 2.39. The smallest absolute Gasteiger partial charge is 0.410 e. The number of nitrogens with one attached hydrogen (secondary N) is 1. The average molecular weight is 490 g/mol. The minimum absolute atomic E-state index is 0.0244. The molecule has 0 saturated heterocycles. The summed E-state index contributed by atoms with van der Waals surface area (Å²) in [5.41, 5.74) is 0.662. The fraction of sp³-hybridized carbons (Fsp3) is 0.250. The standard InChI is InChI=1S/C28H28FN3O4/c1-28(2,3)17-18-31-22-15-9-10-16-23(22)32(21-14-8-7-13-20(21)29)26(34)24(25(31)33)30-27(35)36-19-11-5-4-6-12-19/h4-16,24H,17-18H2,1-3H3,(H,30,35). The molecule has 0 radical (unpaired) electrons. The van der Waals surface area contributed by atoms with Crippen molar-refractivity contribution in [2.24, 2.45) is 5.41 Å². The number of benzene rings is 3. The van der Waals surface area contributed by atoms with Gasteiger partial charge >= 0.3 is 6.09 Å². The molecule has 0 spiro atoms. The van der Waals surface area contributed by atoms with Crippen LogP contribution < -0.4 is 19.9 Å². The SMILES string of the molecule is CC(C)(C)CCN1C(=O)C(NC(=O)Oc2ccccc2)C(=O)N(c2ccccc2F)c2ccccc21. The van der Waals surface area contributed by atoms with Crippen molar-refractivity contribution in [3.05, 3.63) is 84.7 Å². The van der Waals surface area contributed by atoms with Crippen LogP contribution in [0.25, 0.3) is 0 Å². The number of rotatable bonds is 5. The fourth-order valence-electron chi connectivity index (χ4n) is 3.94. The zero-order chi connectivity index (χ0) is 25.9. The summed E-state index contributed by atoms with van der Waals surface area (Å²) in [6, 6.07) is 19.3. The van der Waals surface area contributed by atoms with E-state index >= 15 is 0 Å². The lowest BCUT2D eigenvalue weighted by molar-refractivity contribution is -0.128. The van der Waals surface area contributed by atoms with Crippen molar-refractivity contribution in [1.82, 2.24) is 5.32 Å². The quantitative estimate of drug-likeness (QED) is 0.485. The van der Waals surface area contributed by atoms with E-state index < -0.39 is 29.8 Å². The third-order valence-electron chi connectivity index (χ3n) is 5.79. The molecule has 3 aromatic rings. The van der Waals surface area contributed by atoms with E-state index in [2.05, 4.69) is 5.32 Å². The van der Waals surface area contributed by atoms with Crippen molar-refractivity contribution in [1.29, 1.82) is 0 Å². The second-order valence-corrected chi connectivity index (χ2v) is 9.69. The molecule has 1 N–H and O–H groups in total. The van der Waals surface area contributed by atoms with E-state index in [1.807, 2.05) is 20.8 Å². The number of fused-ring (bicyclic) bond motifs is 1. The normalized spacial score (nSPS) is 15.8. The zero-order valence-corrected chi connectivity index (χ0v) is 20.4. The van der Waals surface area contributed by atoms with Crippen molar-refractivity contribution < 1.29 is 23.5 Å². The number of carbonyl (C=O) groups is 3. The summed E-state index contributed by atoms with van der Waals surface area (Å²) in [5, 5.41) is 2.42. The van der Waals surface area contributed by atoms with Crippen molar-refractivity contribution in [2.75, 3.05) is 16.3 Å². The van der Waals surface area contributed by atoms with Crippen LogP contribution in [-0.2, 0) is 9.59 Å². The van der Waals surface area contributed by atoms with Gasteiger partial charge in [-0.25, -0.2) is 9.18 Å². The number of para-hydroxylation sites is 4. The molecule has 7 nitrogen and oxygen atoms in total. The van der Waals surface area contributed by atoms with Crippen molar-refractivity contribution in [3.8, 4) is 5.75 Å². The minimum atomic E-state index is -1.63. The van der Waals surface area contributed by atoms with Crippen LogP contribution in [0.2, 0.25) is 0 Å². The molecule has 3 amide bonds. The van der Waals surface area contributed by atoms with Gasteiger partial charge in [-0.3, -0.25) is 14.5 Å². The molecule has 186 valence electrons. The second kappa shape index (κ2) is 10.2. The van der Waals surface area contributed by atoms with Gasteiger partial charge in [0.05, 0.1) is 17.1 Å². The molecule has 3 aromatic carbocycles. The van der Waals surface area contributed by atoms with Crippen LogP contribution in [0.15, 0.2) is 78.9 Å². The summed E-state index contributed by atoms with van der Waals surface area (Å²) in [6.45, 7) is 6.44. The molecule has 1 unspecified atom stereocenters. The Bertz CT molecular complexity index is 1270. The van der Waals surface area contributed by atoms with Crippen molar-refractivity contribution >= 4 is 35.0 Å². The van der Waals surface area contributed by atoms with Gasteiger partial charge in [0.15, 0.2) is 6.04 Å². The molecule has 0 aliphatic carbocycles. The van der Waals surface area contributed by atoms with E-state index in [1.165, 1.54) is 23.1 Å². The number of amides is 3. The minimum Gasteiger partial charge on any atom is -0.410 e. The Morgan fingerprint density at radius 2 is 1.44 bits per heavy atom. The largest absolute Gasteiger partial charge is 0.413 e. The van der Waals surface area contributed by atoms with Crippen LogP contribution >= 0.6 is 0 Å². The average Bonchev–Trinajstić information content (AvgIpc) is 2.92. The molecule has 0 fully saturated rings. The molecule has 1 atom stereocenters. The molecule has 8 heteroatoms. The Morgan fingerprint density at radius 3 is 2.08 bits per heavy atom. The van der Waals surface area contributed by atoms with Gasteiger partial charge in [-0.15, -0.1) is 0 Å². The van der Waals surface area contributed by atoms with Gasteiger partial charge in [0.2, 0.25) is 0 Å². The highest BCUT2D eigenvalue weighted by Gasteiger charge is 2.43. The topological polar surface area (TPSA) is 79.0 Å². The maximum atomic E-state index is 14.9. The zero-order valence-electron chi connectivity index (χ0n) is 20.4. The predicted octanol–water partition coefficient (Wildman–Crippen LogP) is 5.43. The van der Waals surface area contributed by atoms with Crippen LogP contribution in [-0.4, -0.2) is 30.5 Å². The molecule has 4 rings (SSSR count). The molecule has 1 aliphatic rings. The van der Waals surface area contributed by atoms with Crippen LogP contribution in [0.3, 0.4) is 0 Å². The highest BCUT2D eigenvalue weighted by atomic mass is 19.1. The van der Waals surface area contributed by atoms with Crippen molar-refractivity contribution in [2.45, 2.75) is 33.2 Å². The van der Waals surface area contributed by atoms with E-state index in [0.717, 1.165) is 4.90 Å². The van der Waals surface area contributed by atoms with Gasteiger partial charge in [0.1, 0.15) is 11.6 Å². The summed E-state index contributed by atoms with van der Waals surface area (Å²) >= 11 is 0. The van der Waals surface area contributed by atoms with E-state index in [0.29, 0.717) is 24.3 Å². The Hall–Kier alpha value is -4.20. The predicted molar refractivity (Wildman–Crippen MR) is 136 cm³/mol. The molecular formula is C28H28FN3O4. The summed E-state index contributed by atoms with van der Waals surface area (Å²) in [5.74, 6) is -1.80. The summed E-state index contributed by atoms with van der Waals surface area (Å²) in [4.78, 5) is 43.0. The van der Waals surface area contributed by atoms with Crippen LogP contribution in [0.5, 0.6) is 5.75 Å². The van der Waals surface area contributed by atoms with Crippen molar-refractivity contribution in [3.63, 3.8) is 0 Å².